The quantitative estimate of drug-likeness (QED) is 0.591. The first-order valence-electron chi connectivity index (χ1n) is 5.05. The molecular weight excluding hydrogens is 233 g/mol. The minimum atomic E-state index is 0. The van der Waals surface area contributed by atoms with Crippen molar-refractivity contribution in [2.45, 2.75) is 20.8 Å². The third kappa shape index (κ3) is 4.60. The first-order chi connectivity index (χ1) is 7.02. The van der Waals surface area contributed by atoms with Crippen molar-refractivity contribution in [3.8, 4) is 0 Å². The van der Waals surface area contributed by atoms with Crippen LogP contribution in [0.5, 0.6) is 0 Å². The molecule has 84 valence electrons. The number of carbonyl (C=O) groups excluding carboxylic acids is 1. The van der Waals surface area contributed by atoms with Gasteiger partial charge in [-0.05, 0) is 39.2 Å². The molecule has 1 atom stereocenters. The number of rotatable bonds is 4. The SMILES string of the molecule is Cc1cccc(Cl)c1C(=O)PCC(C)C.[LiH]. The Morgan fingerprint density at radius 2 is 2.06 bits per heavy atom. The van der Waals surface area contributed by atoms with Crippen LogP contribution < -0.4 is 0 Å². The van der Waals surface area contributed by atoms with Crippen molar-refractivity contribution in [3.63, 3.8) is 0 Å². The van der Waals surface area contributed by atoms with Gasteiger partial charge in [-0.15, -0.1) is 0 Å². The van der Waals surface area contributed by atoms with Crippen LogP contribution in [-0.2, 0) is 0 Å². The van der Waals surface area contributed by atoms with E-state index >= 15 is 0 Å². The summed E-state index contributed by atoms with van der Waals surface area (Å²) in [6, 6.07) is 5.58. The monoisotopic (exact) mass is 250 g/mol. The van der Waals surface area contributed by atoms with Crippen molar-refractivity contribution in [2.24, 2.45) is 5.92 Å². The van der Waals surface area contributed by atoms with Gasteiger partial charge >= 0.3 is 18.9 Å². The maximum absolute atomic E-state index is 11.9. The van der Waals surface area contributed by atoms with Gasteiger partial charge < -0.3 is 0 Å². The molecule has 1 unspecified atom stereocenters. The minimum absolute atomic E-state index is 0. The number of benzene rings is 1. The molecule has 16 heavy (non-hydrogen) atoms. The Kier molecular flexibility index (Phi) is 7.61. The molecule has 0 aliphatic carbocycles. The number of hydrogen-bond acceptors (Lipinski definition) is 1. The van der Waals surface area contributed by atoms with Gasteiger partial charge in [0.1, 0.15) is 0 Å². The van der Waals surface area contributed by atoms with Gasteiger partial charge in [0.25, 0.3) is 0 Å². The zero-order valence-electron chi connectivity index (χ0n) is 9.30. The Morgan fingerprint density at radius 1 is 1.44 bits per heavy atom. The van der Waals surface area contributed by atoms with Gasteiger partial charge in [0.2, 0.25) is 0 Å². The first-order valence-corrected chi connectivity index (χ1v) is 6.64. The predicted molar refractivity (Wildman–Crippen MR) is 75.7 cm³/mol. The molecule has 0 aliphatic rings. The summed E-state index contributed by atoms with van der Waals surface area (Å²) in [7, 11) is 0.333. The average Bonchev–Trinajstić information content (AvgIpc) is 2.14. The molecule has 0 radical (unpaired) electrons. The van der Waals surface area contributed by atoms with Crippen molar-refractivity contribution in [1.29, 1.82) is 0 Å². The van der Waals surface area contributed by atoms with E-state index in [1.807, 2.05) is 19.1 Å². The molecule has 0 amide bonds. The van der Waals surface area contributed by atoms with Crippen LogP contribution in [0.4, 0.5) is 0 Å². The van der Waals surface area contributed by atoms with Gasteiger partial charge in [-0.3, -0.25) is 4.79 Å². The van der Waals surface area contributed by atoms with E-state index in [0.717, 1.165) is 11.7 Å². The number of hydrogen-bond donors (Lipinski definition) is 0. The van der Waals surface area contributed by atoms with Gasteiger partial charge in [-0.2, -0.15) is 0 Å². The summed E-state index contributed by atoms with van der Waals surface area (Å²) in [6.07, 6.45) is 0.948. The van der Waals surface area contributed by atoms with E-state index in [1.165, 1.54) is 0 Å². The van der Waals surface area contributed by atoms with Crippen LogP contribution in [0, 0.1) is 12.8 Å². The summed E-state index contributed by atoms with van der Waals surface area (Å²) in [6.45, 7) is 6.18. The molecule has 1 aromatic rings. The van der Waals surface area contributed by atoms with Crippen LogP contribution >= 0.6 is 20.2 Å². The van der Waals surface area contributed by atoms with E-state index in [2.05, 4.69) is 13.8 Å². The number of aryl methyl sites for hydroxylation is 1. The number of halogens is 1. The molecule has 1 rings (SSSR count). The van der Waals surface area contributed by atoms with E-state index < -0.39 is 0 Å². The Bertz CT molecular complexity index is 346. The zero-order chi connectivity index (χ0) is 11.4. The molecule has 4 heteroatoms. The molecule has 0 aliphatic heterocycles. The second-order valence-electron chi connectivity index (χ2n) is 4.04. The summed E-state index contributed by atoms with van der Waals surface area (Å²) in [5, 5.41) is 0.580. The molecule has 1 nitrogen and oxygen atoms in total. The van der Waals surface area contributed by atoms with E-state index in [4.69, 9.17) is 11.6 Å². The molecular formula is C12H17ClLiOP. The molecule has 1 aromatic carbocycles. The van der Waals surface area contributed by atoms with E-state index in [0.29, 0.717) is 25.1 Å². The molecule has 0 N–H and O–H groups in total. The topological polar surface area (TPSA) is 17.1 Å². The van der Waals surface area contributed by atoms with Gasteiger partial charge in [0, 0.05) is 5.56 Å². The third-order valence-corrected chi connectivity index (χ3v) is 4.03. The average molecular weight is 251 g/mol. The second kappa shape index (κ2) is 7.52. The standard InChI is InChI=1S/C12H16ClOP.Li.H/c1-8(2)7-15-12(14)11-9(3)5-4-6-10(11)13;;/h4-6,8,15H,7H2,1-3H3;;. The third-order valence-electron chi connectivity index (χ3n) is 2.12. The van der Waals surface area contributed by atoms with Gasteiger partial charge in [0.15, 0.2) is 5.52 Å². The Morgan fingerprint density at radius 3 is 2.56 bits per heavy atom. The van der Waals surface area contributed by atoms with Crippen LogP contribution in [-0.4, -0.2) is 30.5 Å². The summed E-state index contributed by atoms with van der Waals surface area (Å²) in [4.78, 5) is 11.9. The predicted octanol–water partition coefficient (Wildman–Crippen LogP) is 3.47. The molecule has 0 fully saturated rings. The fraction of sp³-hybridized carbons (Fsp3) is 0.417. The fourth-order valence-corrected chi connectivity index (χ4v) is 2.79. The van der Waals surface area contributed by atoms with E-state index in [9.17, 15) is 4.79 Å². The molecule has 0 spiro atoms. The summed E-state index contributed by atoms with van der Waals surface area (Å²) >= 11 is 6.02. The Balaban J connectivity index is 0.00000225. The Hall–Kier alpha value is 0.207. The second-order valence-corrected chi connectivity index (χ2v) is 5.66. The zero-order valence-corrected chi connectivity index (χ0v) is 11.1. The van der Waals surface area contributed by atoms with Crippen LogP contribution in [0.2, 0.25) is 5.02 Å². The maximum atomic E-state index is 11.9. The summed E-state index contributed by atoms with van der Waals surface area (Å²) in [5.74, 6) is 0.565. The van der Waals surface area contributed by atoms with Crippen LogP contribution in [0.25, 0.3) is 0 Å². The Labute approximate surface area is 116 Å². The van der Waals surface area contributed by atoms with Crippen molar-refractivity contribution in [1.82, 2.24) is 0 Å². The summed E-state index contributed by atoms with van der Waals surface area (Å²) < 4.78 is 0. The molecule has 0 saturated carbocycles. The molecule has 0 bridgehead atoms. The van der Waals surface area contributed by atoms with Crippen molar-refractivity contribution < 1.29 is 4.79 Å². The van der Waals surface area contributed by atoms with Crippen LogP contribution in [0.1, 0.15) is 29.8 Å². The van der Waals surface area contributed by atoms with Gasteiger partial charge in [-0.25, -0.2) is 0 Å². The van der Waals surface area contributed by atoms with Crippen LogP contribution in [0.15, 0.2) is 18.2 Å². The first kappa shape index (κ1) is 16.2. The van der Waals surface area contributed by atoms with Crippen molar-refractivity contribution >= 4 is 44.6 Å². The van der Waals surface area contributed by atoms with Gasteiger partial charge in [-0.1, -0.05) is 37.6 Å². The number of carbonyl (C=O) groups is 1. The van der Waals surface area contributed by atoms with E-state index in [-0.39, 0.29) is 24.4 Å². The normalized spacial score (nSPS) is 10.8. The van der Waals surface area contributed by atoms with Gasteiger partial charge in [0.05, 0.1) is 5.02 Å². The summed E-state index contributed by atoms with van der Waals surface area (Å²) in [5.41, 5.74) is 1.87. The van der Waals surface area contributed by atoms with Crippen molar-refractivity contribution in [3.05, 3.63) is 34.3 Å². The van der Waals surface area contributed by atoms with Crippen LogP contribution in [0.3, 0.4) is 0 Å². The van der Waals surface area contributed by atoms with Crippen molar-refractivity contribution in [2.75, 3.05) is 6.16 Å². The fourth-order valence-electron chi connectivity index (χ4n) is 1.30. The molecule has 0 saturated heterocycles. The molecule has 0 heterocycles. The van der Waals surface area contributed by atoms with E-state index in [1.54, 1.807) is 6.07 Å². The molecule has 0 aromatic heterocycles.